The summed E-state index contributed by atoms with van der Waals surface area (Å²) in [7, 11) is -2.18. The molecule has 37 heavy (non-hydrogen) atoms. The van der Waals surface area contributed by atoms with E-state index in [1.54, 1.807) is 12.3 Å². The predicted molar refractivity (Wildman–Crippen MR) is 145 cm³/mol. The van der Waals surface area contributed by atoms with Crippen LogP contribution in [0.1, 0.15) is 45.7 Å². The van der Waals surface area contributed by atoms with Gasteiger partial charge in [-0.1, -0.05) is 32.2 Å². The fourth-order valence-corrected chi connectivity index (χ4v) is 5.00. The molecule has 0 amide bonds. The van der Waals surface area contributed by atoms with Gasteiger partial charge in [-0.05, 0) is 55.8 Å². The Morgan fingerprint density at radius 3 is 2.78 bits per heavy atom. The molecule has 0 bridgehead atoms. The Kier molecular flexibility index (Phi) is 10.8. The molecule has 12 heteroatoms. The maximum Gasteiger partial charge on any atom is 0.223 e. The number of hydrogen-bond donors (Lipinski definition) is 3. The summed E-state index contributed by atoms with van der Waals surface area (Å²) in [5.41, 5.74) is 0.136. The van der Waals surface area contributed by atoms with Crippen molar-refractivity contribution in [1.29, 1.82) is 0 Å². The Morgan fingerprint density at radius 1 is 1.35 bits per heavy atom. The van der Waals surface area contributed by atoms with E-state index in [2.05, 4.69) is 26.9 Å². The average Bonchev–Trinajstić information content (AvgIpc) is 2.90. The first-order chi connectivity index (χ1) is 17.7. The summed E-state index contributed by atoms with van der Waals surface area (Å²) in [6.07, 6.45) is 4.35. The van der Waals surface area contributed by atoms with Crippen molar-refractivity contribution in [1.82, 2.24) is 15.3 Å². The molecule has 3 rings (SSSR count). The first-order valence-corrected chi connectivity index (χ1v) is 14.1. The van der Waals surface area contributed by atoms with Crippen LogP contribution in [-0.2, 0) is 11.0 Å². The number of allylic oxidation sites excluding steroid dienone is 2. The molecule has 1 aromatic heterocycles. The molecule has 2 aromatic rings. The van der Waals surface area contributed by atoms with Crippen LogP contribution in [0.2, 0.25) is 0 Å². The standard InChI is InChI=1S/C25H32F3N5O2S2/c1-5-16(4)23(35-20-9-8-18(21(27)22(20)28)33-37(34)14-26)24(36-15(2)3)19-10-12-30-25(32-19)31-17-7-6-11-29-13-17/h8-10,12,16-17,29,33H,2,5-7,11,13-14H2,1,3-4H3,(H,30,31,32)/b24-23+. The van der Waals surface area contributed by atoms with E-state index in [0.29, 0.717) is 28.7 Å². The Balaban J connectivity index is 2.02. The molecule has 7 nitrogen and oxygen atoms in total. The van der Waals surface area contributed by atoms with Gasteiger partial charge in [-0.2, -0.15) is 4.39 Å². The molecule has 2 heterocycles. The topological polar surface area (TPSA) is 88.2 Å². The van der Waals surface area contributed by atoms with Crippen LogP contribution in [0, 0.1) is 17.6 Å². The van der Waals surface area contributed by atoms with E-state index in [-0.39, 0.29) is 17.7 Å². The molecule has 1 aliphatic rings. The van der Waals surface area contributed by atoms with Gasteiger partial charge in [-0.3, -0.25) is 4.72 Å². The fourth-order valence-electron chi connectivity index (χ4n) is 3.63. The second-order valence-corrected chi connectivity index (χ2v) is 11.1. The Labute approximate surface area is 222 Å². The van der Waals surface area contributed by atoms with Gasteiger partial charge >= 0.3 is 0 Å². The number of ether oxygens (including phenoxy) is 1. The number of rotatable bonds is 12. The van der Waals surface area contributed by atoms with Crippen LogP contribution in [0.5, 0.6) is 5.75 Å². The summed E-state index contributed by atoms with van der Waals surface area (Å²) in [6, 6.07) is 3.06. The molecule has 0 aliphatic carbocycles. The minimum absolute atomic E-state index is 0.185. The summed E-state index contributed by atoms with van der Waals surface area (Å²) in [5.74, 6) is -2.28. The van der Waals surface area contributed by atoms with Crippen LogP contribution in [0.3, 0.4) is 0 Å². The van der Waals surface area contributed by atoms with Crippen molar-refractivity contribution in [3.63, 3.8) is 0 Å². The van der Waals surface area contributed by atoms with Gasteiger partial charge in [0.05, 0.1) is 16.3 Å². The quantitative estimate of drug-likeness (QED) is 0.278. The van der Waals surface area contributed by atoms with Gasteiger partial charge in [0.25, 0.3) is 0 Å². The van der Waals surface area contributed by atoms with Gasteiger partial charge in [-0.25, -0.2) is 23.0 Å². The van der Waals surface area contributed by atoms with Crippen molar-refractivity contribution >= 4 is 39.3 Å². The number of alkyl halides is 1. The van der Waals surface area contributed by atoms with Crippen molar-refractivity contribution in [2.75, 3.05) is 29.1 Å². The third-order valence-electron chi connectivity index (χ3n) is 5.67. The highest BCUT2D eigenvalue weighted by molar-refractivity contribution is 8.11. The molecule has 3 atom stereocenters. The van der Waals surface area contributed by atoms with Crippen LogP contribution in [0.15, 0.2) is 41.6 Å². The Morgan fingerprint density at radius 2 is 2.14 bits per heavy atom. The number of anilines is 2. The normalized spacial score (nSPS) is 17.9. The molecule has 1 aliphatic heterocycles. The lowest BCUT2D eigenvalue weighted by molar-refractivity contribution is 0.333. The lowest BCUT2D eigenvalue weighted by atomic mass is 10.1. The van der Waals surface area contributed by atoms with E-state index in [4.69, 9.17) is 9.72 Å². The number of thioether (sulfide) groups is 1. The number of benzene rings is 1. The molecule has 1 fully saturated rings. The summed E-state index contributed by atoms with van der Waals surface area (Å²) < 4.78 is 61.7. The zero-order valence-electron chi connectivity index (χ0n) is 21.1. The number of nitrogens with one attached hydrogen (secondary N) is 3. The van der Waals surface area contributed by atoms with Crippen molar-refractivity contribution < 1.29 is 22.1 Å². The highest BCUT2D eigenvalue weighted by Crippen LogP contribution is 2.40. The number of aromatic nitrogens is 2. The van der Waals surface area contributed by atoms with Gasteiger partial charge in [-0.15, -0.1) is 0 Å². The SMILES string of the molecule is C=C(C)S/C(=C(/Oc1ccc(NS(=O)CF)c(F)c1F)C(C)CC)c1ccnc(NC2CCCNC2)n1. The third kappa shape index (κ3) is 7.96. The highest BCUT2D eigenvalue weighted by Gasteiger charge is 2.24. The maximum absolute atomic E-state index is 15.0. The molecule has 1 saturated heterocycles. The predicted octanol–water partition coefficient (Wildman–Crippen LogP) is 5.98. The first-order valence-electron chi connectivity index (χ1n) is 12.0. The molecule has 3 unspecified atom stereocenters. The molecule has 202 valence electrons. The summed E-state index contributed by atoms with van der Waals surface area (Å²) >= 11 is 1.32. The van der Waals surface area contributed by atoms with Crippen LogP contribution >= 0.6 is 11.8 Å². The van der Waals surface area contributed by atoms with Crippen molar-refractivity contribution in [3.8, 4) is 5.75 Å². The average molecular weight is 556 g/mol. The first kappa shape index (κ1) is 29.0. The van der Waals surface area contributed by atoms with Crippen LogP contribution < -0.4 is 20.1 Å². The van der Waals surface area contributed by atoms with E-state index in [0.717, 1.165) is 36.9 Å². The largest absolute Gasteiger partial charge is 0.457 e. The lowest BCUT2D eigenvalue weighted by Gasteiger charge is -2.24. The second kappa shape index (κ2) is 13.8. The van der Waals surface area contributed by atoms with Crippen LogP contribution in [-0.4, -0.2) is 39.3 Å². The molecule has 0 radical (unpaired) electrons. The molecular formula is C25H32F3N5O2S2. The molecule has 3 N–H and O–H groups in total. The Bertz CT molecular complexity index is 1160. The van der Waals surface area contributed by atoms with Gasteiger partial charge in [0, 0.05) is 24.7 Å². The highest BCUT2D eigenvalue weighted by atomic mass is 32.2. The van der Waals surface area contributed by atoms with Gasteiger partial charge in [0.2, 0.25) is 11.8 Å². The minimum Gasteiger partial charge on any atom is -0.457 e. The number of piperidine rings is 1. The molecular weight excluding hydrogens is 523 g/mol. The second-order valence-electron chi connectivity index (χ2n) is 8.66. The van der Waals surface area contributed by atoms with Crippen LogP contribution in [0.25, 0.3) is 4.91 Å². The van der Waals surface area contributed by atoms with E-state index in [1.165, 1.54) is 17.8 Å². The summed E-state index contributed by atoms with van der Waals surface area (Å²) in [4.78, 5) is 10.4. The summed E-state index contributed by atoms with van der Waals surface area (Å²) in [5, 5.41) is 6.70. The van der Waals surface area contributed by atoms with Gasteiger partial charge in [0.1, 0.15) is 16.7 Å². The number of nitrogens with zero attached hydrogens (tertiary/aromatic N) is 2. The molecule has 0 saturated carbocycles. The zero-order valence-corrected chi connectivity index (χ0v) is 22.7. The van der Waals surface area contributed by atoms with Crippen LogP contribution in [0.4, 0.5) is 24.8 Å². The zero-order chi connectivity index (χ0) is 26.9. The monoisotopic (exact) mass is 555 g/mol. The molecule has 1 aromatic carbocycles. The van der Waals surface area contributed by atoms with Crippen molar-refractivity contribution in [2.45, 2.75) is 46.1 Å². The van der Waals surface area contributed by atoms with E-state index >= 15 is 0 Å². The third-order valence-corrected chi connectivity index (χ3v) is 7.28. The van der Waals surface area contributed by atoms with Crippen molar-refractivity contribution in [2.24, 2.45) is 5.92 Å². The number of halogens is 3. The van der Waals surface area contributed by atoms with Gasteiger partial charge in [0.15, 0.2) is 17.6 Å². The minimum atomic E-state index is -2.18. The fraction of sp³-hybridized carbons (Fsp3) is 0.440. The van der Waals surface area contributed by atoms with E-state index < -0.39 is 34.3 Å². The van der Waals surface area contributed by atoms with E-state index in [1.807, 2.05) is 20.8 Å². The number of hydrogen-bond acceptors (Lipinski definition) is 7. The smallest absolute Gasteiger partial charge is 0.223 e. The maximum atomic E-state index is 15.0. The lowest BCUT2D eigenvalue weighted by Crippen LogP contribution is -2.38. The van der Waals surface area contributed by atoms with E-state index in [9.17, 15) is 17.4 Å². The van der Waals surface area contributed by atoms with Crippen molar-refractivity contribution in [3.05, 3.63) is 59.0 Å². The van der Waals surface area contributed by atoms with Gasteiger partial charge < -0.3 is 15.4 Å². The molecule has 0 spiro atoms. The summed E-state index contributed by atoms with van der Waals surface area (Å²) in [6.45, 7) is 11.5. The Hall–Kier alpha value is -2.57.